The molecule has 1 aliphatic heterocycles. The summed E-state index contributed by atoms with van der Waals surface area (Å²) >= 11 is 0. The normalized spacial score (nSPS) is 21.2. The van der Waals surface area contributed by atoms with Crippen molar-refractivity contribution in [2.75, 3.05) is 18.6 Å². The van der Waals surface area contributed by atoms with Crippen molar-refractivity contribution in [2.45, 2.75) is 12.5 Å². The molecule has 19 heavy (non-hydrogen) atoms. The number of aromatic nitrogens is 2. The van der Waals surface area contributed by atoms with Gasteiger partial charge in [-0.1, -0.05) is 0 Å². The molecule has 0 spiro atoms. The number of rotatable bonds is 2. The highest BCUT2D eigenvalue weighted by Crippen LogP contribution is 2.17. The molecule has 1 saturated heterocycles. The van der Waals surface area contributed by atoms with Crippen LogP contribution in [0.15, 0.2) is 15.8 Å². The number of aromatic amines is 2. The minimum absolute atomic E-state index is 0.0390. The van der Waals surface area contributed by atoms with E-state index in [1.165, 1.54) is 11.9 Å². The molecule has 9 heteroatoms. The fourth-order valence-electron chi connectivity index (χ4n) is 2.01. The van der Waals surface area contributed by atoms with E-state index in [4.69, 9.17) is 0 Å². The average Bonchev–Trinajstić information content (AvgIpc) is 2.68. The quantitative estimate of drug-likeness (QED) is 0.673. The summed E-state index contributed by atoms with van der Waals surface area (Å²) in [7, 11) is -1.67. The zero-order valence-electron chi connectivity index (χ0n) is 10.2. The van der Waals surface area contributed by atoms with Crippen LogP contribution in [0.2, 0.25) is 0 Å². The minimum atomic E-state index is -3.11. The van der Waals surface area contributed by atoms with Gasteiger partial charge in [-0.15, -0.1) is 0 Å². The summed E-state index contributed by atoms with van der Waals surface area (Å²) in [4.78, 5) is 39.8. The standard InChI is InChI=1S/C10H13N3O5S/c1-13(6-2-3-19(17,18)5-6)9(15)7-4-11-10(16)12-8(7)14/h4,6H,2-3,5H2,1H3,(H2,11,12,14,16). The van der Waals surface area contributed by atoms with Gasteiger partial charge in [0.15, 0.2) is 9.84 Å². The first kappa shape index (κ1) is 13.5. The van der Waals surface area contributed by atoms with Gasteiger partial charge in [-0.25, -0.2) is 13.2 Å². The van der Waals surface area contributed by atoms with Crippen molar-refractivity contribution in [3.63, 3.8) is 0 Å². The van der Waals surface area contributed by atoms with Gasteiger partial charge >= 0.3 is 5.69 Å². The molecular formula is C10H13N3O5S. The Kier molecular flexibility index (Phi) is 3.31. The van der Waals surface area contributed by atoms with Gasteiger partial charge in [0.05, 0.1) is 11.5 Å². The monoisotopic (exact) mass is 287 g/mol. The zero-order valence-corrected chi connectivity index (χ0v) is 11.0. The number of carbonyl (C=O) groups excluding carboxylic acids is 1. The number of nitrogens with zero attached hydrogens (tertiary/aromatic N) is 1. The second kappa shape index (κ2) is 4.65. The summed E-state index contributed by atoms with van der Waals surface area (Å²) < 4.78 is 22.7. The second-order valence-electron chi connectivity index (χ2n) is 4.46. The van der Waals surface area contributed by atoms with E-state index in [9.17, 15) is 22.8 Å². The highest BCUT2D eigenvalue weighted by molar-refractivity contribution is 7.91. The molecule has 1 atom stereocenters. The van der Waals surface area contributed by atoms with Crippen molar-refractivity contribution in [1.82, 2.24) is 14.9 Å². The molecule has 0 aliphatic carbocycles. The van der Waals surface area contributed by atoms with Crippen molar-refractivity contribution in [3.05, 3.63) is 32.6 Å². The molecule has 0 bridgehead atoms. The van der Waals surface area contributed by atoms with Crippen LogP contribution in [0.25, 0.3) is 0 Å². The summed E-state index contributed by atoms with van der Waals surface area (Å²) in [6.07, 6.45) is 1.38. The number of nitrogens with one attached hydrogen (secondary N) is 2. The van der Waals surface area contributed by atoms with E-state index in [-0.39, 0.29) is 17.1 Å². The first-order valence-corrected chi connectivity index (χ1v) is 7.42. The third-order valence-corrected chi connectivity index (χ3v) is 4.88. The van der Waals surface area contributed by atoms with Crippen LogP contribution in [0.3, 0.4) is 0 Å². The van der Waals surface area contributed by atoms with E-state index in [0.717, 1.165) is 6.20 Å². The maximum atomic E-state index is 12.1. The number of carbonyl (C=O) groups is 1. The van der Waals surface area contributed by atoms with E-state index in [1.54, 1.807) is 0 Å². The van der Waals surface area contributed by atoms with Gasteiger partial charge in [-0.05, 0) is 6.42 Å². The maximum absolute atomic E-state index is 12.1. The first-order chi connectivity index (χ1) is 8.80. The Bertz CT molecular complexity index is 717. The minimum Gasteiger partial charge on any atom is -0.337 e. The summed E-state index contributed by atoms with van der Waals surface area (Å²) in [5, 5.41) is 0. The van der Waals surface area contributed by atoms with Crippen LogP contribution < -0.4 is 11.2 Å². The highest BCUT2D eigenvalue weighted by atomic mass is 32.2. The highest BCUT2D eigenvalue weighted by Gasteiger charge is 2.33. The molecule has 2 rings (SSSR count). The van der Waals surface area contributed by atoms with Gasteiger partial charge in [0.1, 0.15) is 5.56 Å². The van der Waals surface area contributed by atoms with Crippen LogP contribution in [0.4, 0.5) is 0 Å². The molecule has 1 aromatic rings. The predicted octanol–water partition coefficient (Wildman–Crippen LogP) is -1.68. The lowest BCUT2D eigenvalue weighted by Crippen LogP contribution is -2.41. The zero-order chi connectivity index (χ0) is 14.2. The van der Waals surface area contributed by atoms with Crippen LogP contribution in [0.1, 0.15) is 16.8 Å². The molecule has 1 aliphatic rings. The Hall–Kier alpha value is -1.90. The average molecular weight is 287 g/mol. The molecule has 0 saturated carbocycles. The number of amides is 1. The Labute approximate surface area is 108 Å². The lowest BCUT2D eigenvalue weighted by molar-refractivity contribution is 0.0745. The van der Waals surface area contributed by atoms with Crippen LogP contribution in [0.5, 0.6) is 0 Å². The Morgan fingerprint density at radius 2 is 2.11 bits per heavy atom. The summed E-state index contributed by atoms with van der Waals surface area (Å²) in [6.45, 7) is 0. The fourth-order valence-corrected chi connectivity index (χ4v) is 3.78. The topological polar surface area (TPSA) is 120 Å². The van der Waals surface area contributed by atoms with Crippen molar-refractivity contribution in [1.29, 1.82) is 0 Å². The lowest BCUT2D eigenvalue weighted by Gasteiger charge is -2.22. The molecular weight excluding hydrogens is 274 g/mol. The van der Waals surface area contributed by atoms with E-state index in [2.05, 4.69) is 4.98 Å². The molecule has 8 nitrogen and oxygen atoms in total. The van der Waals surface area contributed by atoms with Crippen LogP contribution in [0, 0.1) is 0 Å². The summed E-state index contributed by atoms with van der Waals surface area (Å²) in [5.41, 5.74) is -1.71. The third-order valence-electron chi connectivity index (χ3n) is 3.13. The predicted molar refractivity (Wildman–Crippen MR) is 66.8 cm³/mol. The van der Waals surface area contributed by atoms with Gasteiger partial charge in [0.2, 0.25) is 0 Å². The fraction of sp³-hybridized carbons (Fsp3) is 0.500. The molecule has 0 aromatic carbocycles. The number of hydrogen-bond donors (Lipinski definition) is 2. The molecule has 104 valence electrons. The van der Waals surface area contributed by atoms with Crippen molar-refractivity contribution < 1.29 is 13.2 Å². The second-order valence-corrected chi connectivity index (χ2v) is 6.69. The van der Waals surface area contributed by atoms with Gasteiger partial charge < -0.3 is 9.88 Å². The largest absolute Gasteiger partial charge is 0.337 e. The summed E-state index contributed by atoms with van der Waals surface area (Å²) in [6, 6.07) is -0.441. The van der Waals surface area contributed by atoms with Crippen LogP contribution in [-0.4, -0.2) is 53.8 Å². The van der Waals surface area contributed by atoms with Gasteiger partial charge in [0, 0.05) is 19.3 Å². The van der Waals surface area contributed by atoms with Crippen molar-refractivity contribution in [2.24, 2.45) is 0 Å². The van der Waals surface area contributed by atoms with Gasteiger partial charge in [-0.3, -0.25) is 14.6 Å². The molecule has 2 N–H and O–H groups in total. The first-order valence-electron chi connectivity index (χ1n) is 5.60. The summed E-state index contributed by atoms with van der Waals surface area (Å²) in [5.74, 6) is -0.673. The number of hydrogen-bond acceptors (Lipinski definition) is 5. The number of H-pyrrole nitrogens is 2. The Morgan fingerprint density at radius 3 is 2.63 bits per heavy atom. The molecule has 0 radical (unpaired) electrons. The van der Waals surface area contributed by atoms with Crippen LogP contribution in [-0.2, 0) is 9.84 Å². The van der Waals surface area contributed by atoms with E-state index in [0.29, 0.717) is 6.42 Å². The van der Waals surface area contributed by atoms with Crippen molar-refractivity contribution >= 4 is 15.7 Å². The molecule has 1 amide bonds. The third kappa shape index (κ3) is 2.75. The SMILES string of the molecule is CN(C(=O)c1c[nH]c(=O)[nH]c1=O)C1CCS(=O)(=O)C1. The van der Waals surface area contributed by atoms with Gasteiger partial charge in [-0.2, -0.15) is 0 Å². The Morgan fingerprint density at radius 1 is 1.42 bits per heavy atom. The number of sulfone groups is 1. The van der Waals surface area contributed by atoms with E-state index >= 15 is 0 Å². The lowest BCUT2D eigenvalue weighted by atomic mass is 10.2. The Balaban J connectivity index is 2.25. The van der Waals surface area contributed by atoms with Crippen molar-refractivity contribution in [3.8, 4) is 0 Å². The van der Waals surface area contributed by atoms with Crippen LogP contribution >= 0.6 is 0 Å². The molecule has 2 heterocycles. The van der Waals surface area contributed by atoms with E-state index < -0.39 is 33.0 Å². The smallest absolute Gasteiger partial charge is 0.325 e. The van der Waals surface area contributed by atoms with Gasteiger partial charge in [0.25, 0.3) is 11.5 Å². The molecule has 1 aromatic heterocycles. The molecule has 1 unspecified atom stereocenters. The van der Waals surface area contributed by atoms with E-state index in [1.807, 2.05) is 4.98 Å². The molecule has 1 fully saturated rings. The maximum Gasteiger partial charge on any atom is 0.325 e.